The molecule has 0 saturated carbocycles. The predicted molar refractivity (Wildman–Crippen MR) is 190 cm³/mol. The van der Waals surface area contributed by atoms with Gasteiger partial charge in [-0.3, -0.25) is 14.6 Å². The van der Waals surface area contributed by atoms with Crippen molar-refractivity contribution in [2.24, 2.45) is 16.1 Å². The number of amides is 1. The Hall–Kier alpha value is -3.06. The Morgan fingerprint density at radius 3 is 2.58 bits per heavy atom. The van der Waals surface area contributed by atoms with Crippen molar-refractivity contribution in [2.45, 2.75) is 44.4 Å². The summed E-state index contributed by atoms with van der Waals surface area (Å²) in [5.41, 5.74) is 11.3. The number of hydrogen-bond acceptors (Lipinski definition) is 10. The van der Waals surface area contributed by atoms with Gasteiger partial charge in [-0.25, -0.2) is 5.06 Å². The summed E-state index contributed by atoms with van der Waals surface area (Å²) in [6.07, 6.45) is 18.5. The number of rotatable bonds is 15. The largest absolute Gasteiger partial charge is 0.390 e. The van der Waals surface area contributed by atoms with E-state index in [0.717, 1.165) is 58.1 Å². The molecule has 0 aromatic heterocycles. The molecule has 11 heteroatoms. The molecule has 0 saturated heterocycles. The second-order valence-electron chi connectivity index (χ2n) is 11.7. The summed E-state index contributed by atoms with van der Waals surface area (Å²) in [6.45, 7) is 11.0. The second kappa shape index (κ2) is 17.0. The van der Waals surface area contributed by atoms with E-state index in [1.165, 1.54) is 17.7 Å². The van der Waals surface area contributed by atoms with Crippen molar-refractivity contribution in [1.82, 2.24) is 10.4 Å². The molecule has 0 fully saturated rings. The van der Waals surface area contributed by atoms with E-state index in [-0.39, 0.29) is 16.7 Å². The van der Waals surface area contributed by atoms with Crippen LogP contribution in [0.15, 0.2) is 99.7 Å². The van der Waals surface area contributed by atoms with Gasteiger partial charge in [0.15, 0.2) is 0 Å². The zero-order valence-electron chi connectivity index (χ0n) is 27.1. The average Bonchev–Trinajstić information content (AvgIpc) is 3.42. The SMILES string of the molecule is CON(C)C(=O)C(/C=C1\CN=C(/C=C/C=C/C=C/C=C2/N(CCN)c3ccc(SO)cc3C2(C)C)C1(C)C)=C/NCCCSO. The smallest absolute Gasteiger partial charge is 0.278 e. The minimum atomic E-state index is -0.354. The Morgan fingerprint density at radius 2 is 1.89 bits per heavy atom. The molecule has 0 radical (unpaired) electrons. The number of likely N-dealkylation sites (N-methyl/N-ethyl adjacent to an activating group) is 1. The number of aliphatic imine (C=N–C) groups is 1. The highest BCUT2D eigenvalue weighted by molar-refractivity contribution is 7.94. The summed E-state index contributed by atoms with van der Waals surface area (Å²) in [4.78, 5) is 25.9. The molecule has 1 aromatic carbocycles. The van der Waals surface area contributed by atoms with Crippen LogP contribution >= 0.6 is 24.1 Å². The fourth-order valence-electron chi connectivity index (χ4n) is 5.32. The van der Waals surface area contributed by atoms with Crippen LogP contribution in [0.2, 0.25) is 0 Å². The lowest BCUT2D eigenvalue weighted by Gasteiger charge is -2.26. The van der Waals surface area contributed by atoms with Gasteiger partial charge in [0, 0.05) is 83.5 Å². The summed E-state index contributed by atoms with van der Waals surface area (Å²) in [7, 11) is 3.04. The molecule has 0 unspecified atom stereocenters. The van der Waals surface area contributed by atoms with E-state index in [9.17, 15) is 9.35 Å². The van der Waals surface area contributed by atoms with Crippen LogP contribution in [-0.2, 0) is 15.0 Å². The molecule has 45 heavy (non-hydrogen) atoms. The molecule has 1 amide bonds. The maximum Gasteiger partial charge on any atom is 0.278 e. The highest BCUT2D eigenvalue weighted by Gasteiger charge is 2.39. The molecule has 2 aliphatic rings. The van der Waals surface area contributed by atoms with Gasteiger partial charge in [-0.05, 0) is 66.0 Å². The molecule has 3 rings (SSSR count). The zero-order chi connectivity index (χ0) is 33.0. The van der Waals surface area contributed by atoms with Gasteiger partial charge in [-0.2, -0.15) is 0 Å². The summed E-state index contributed by atoms with van der Waals surface area (Å²) in [5, 5.41) is 4.36. The van der Waals surface area contributed by atoms with Crippen LogP contribution in [-0.4, -0.2) is 71.9 Å². The zero-order valence-corrected chi connectivity index (χ0v) is 28.8. The molecule has 2 heterocycles. The summed E-state index contributed by atoms with van der Waals surface area (Å²) >= 11 is 1.57. The number of nitrogens with two attached hydrogens (primary N) is 1. The molecule has 0 spiro atoms. The van der Waals surface area contributed by atoms with Crippen LogP contribution in [0.5, 0.6) is 0 Å². The van der Waals surface area contributed by atoms with E-state index in [4.69, 9.17) is 20.1 Å². The minimum absolute atomic E-state index is 0.227. The number of hydrogen-bond donors (Lipinski definition) is 4. The van der Waals surface area contributed by atoms with Crippen LogP contribution < -0.4 is 16.0 Å². The quantitative estimate of drug-likeness (QED) is 0.0563. The molecular weight excluding hydrogens is 607 g/mol. The number of fused-ring (bicyclic) bond motifs is 1. The van der Waals surface area contributed by atoms with E-state index in [2.05, 4.69) is 56.1 Å². The van der Waals surface area contributed by atoms with Gasteiger partial charge < -0.3 is 25.1 Å². The first-order valence-corrected chi connectivity index (χ1v) is 16.7. The number of hydroxylamine groups is 2. The van der Waals surface area contributed by atoms with E-state index >= 15 is 0 Å². The number of carbonyl (C=O) groups is 1. The lowest BCUT2D eigenvalue weighted by Crippen LogP contribution is -2.30. The van der Waals surface area contributed by atoms with Crippen molar-refractivity contribution in [3.8, 4) is 0 Å². The molecule has 0 aliphatic carbocycles. The highest BCUT2D eigenvalue weighted by Crippen LogP contribution is 2.48. The Labute approximate surface area is 276 Å². The van der Waals surface area contributed by atoms with Crippen molar-refractivity contribution in [3.63, 3.8) is 0 Å². The molecule has 244 valence electrons. The summed E-state index contributed by atoms with van der Waals surface area (Å²) in [6, 6.07) is 6.04. The van der Waals surface area contributed by atoms with E-state index in [1.54, 1.807) is 13.2 Å². The van der Waals surface area contributed by atoms with Crippen LogP contribution in [0.25, 0.3) is 0 Å². The van der Waals surface area contributed by atoms with Gasteiger partial charge in [-0.15, -0.1) is 0 Å². The summed E-state index contributed by atoms with van der Waals surface area (Å²) in [5.74, 6) is 0.359. The summed E-state index contributed by atoms with van der Waals surface area (Å²) < 4.78 is 18.5. The Balaban J connectivity index is 1.70. The number of nitrogens with one attached hydrogen (secondary N) is 1. The normalized spacial score (nSPS) is 19.4. The first-order chi connectivity index (χ1) is 21.5. The maximum atomic E-state index is 12.9. The van der Waals surface area contributed by atoms with Crippen LogP contribution in [0.1, 0.15) is 39.7 Å². The van der Waals surface area contributed by atoms with E-state index < -0.39 is 0 Å². The van der Waals surface area contributed by atoms with Crippen molar-refractivity contribution >= 4 is 41.4 Å². The monoisotopic (exact) mass is 653 g/mol. The third-order valence-corrected chi connectivity index (χ3v) is 9.02. The second-order valence-corrected chi connectivity index (χ2v) is 13.1. The fourth-order valence-corrected chi connectivity index (χ4v) is 5.90. The van der Waals surface area contributed by atoms with Crippen molar-refractivity contribution in [3.05, 3.63) is 95.4 Å². The number of allylic oxidation sites excluding steroid dienone is 8. The Bertz CT molecular complexity index is 1410. The first-order valence-electron chi connectivity index (χ1n) is 15.0. The van der Waals surface area contributed by atoms with Gasteiger partial charge in [0.25, 0.3) is 5.91 Å². The van der Waals surface area contributed by atoms with E-state index in [1.807, 2.05) is 48.6 Å². The molecular formula is C34H47N5O4S2. The molecule has 5 N–H and O–H groups in total. The van der Waals surface area contributed by atoms with Crippen LogP contribution in [0, 0.1) is 5.41 Å². The maximum absolute atomic E-state index is 12.9. The van der Waals surface area contributed by atoms with Crippen molar-refractivity contribution in [2.75, 3.05) is 51.0 Å². The molecule has 2 aliphatic heterocycles. The molecule has 0 bridgehead atoms. The topological polar surface area (TPSA) is 124 Å². The van der Waals surface area contributed by atoms with Gasteiger partial charge in [0.1, 0.15) is 0 Å². The first kappa shape index (κ1) is 36.4. The standard InChI is InChI=1S/C34H47N5O4S2/c1-33(2)26(21-25(32(40)38(5)43-6)23-36-18-12-20-44-41)24-37-30(33)13-10-8-7-9-11-14-31-34(3,4)28-22-27(45-42)15-16-29(28)39(31)19-17-35/h7-11,13-16,21-23,36,41-42H,12,17-20,24,35H2,1-6H3/b8-7+,11-9+,13-10+,25-23+,26-21+,31-14+. The fraction of sp³-hybridized carbons (Fsp3) is 0.412. The Morgan fingerprint density at radius 1 is 1.16 bits per heavy atom. The molecule has 1 aromatic rings. The van der Waals surface area contributed by atoms with Crippen LogP contribution in [0.3, 0.4) is 0 Å². The molecule has 0 atom stereocenters. The predicted octanol–water partition coefficient (Wildman–Crippen LogP) is 6.36. The van der Waals surface area contributed by atoms with E-state index in [0.29, 0.717) is 37.5 Å². The lowest BCUT2D eigenvalue weighted by atomic mass is 9.81. The average molecular weight is 654 g/mol. The molecule has 9 nitrogen and oxygen atoms in total. The lowest BCUT2D eigenvalue weighted by molar-refractivity contribution is -0.163. The van der Waals surface area contributed by atoms with Gasteiger partial charge in [0.05, 0.1) is 19.2 Å². The third kappa shape index (κ3) is 9.02. The van der Waals surface area contributed by atoms with Crippen molar-refractivity contribution < 1.29 is 18.7 Å². The number of benzene rings is 1. The van der Waals surface area contributed by atoms with Gasteiger partial charge in [0.2, 0.25) is 0 Å². The van der Waals surface area contributed by atoms with Gasteiger partial charge in [-0.1, -0.05) is 58.1 Å². The van der Waals surface area contributed by atoms with Crippen molar-refractivity contribution in [1.29, 1.82) is 0 Å². The number of nitrogens with zero attached hydrogens (tertiary/aromatic N) is 3. The minimum Gasteiger partial charge on any atom is -0.390 e. The van der Waals surface area contributed by atoms with Gasteiger partial charge >= 0.3 is 0 Å². The number of carbonyl (C=O) groups excluding carboxylic acids is 1. The third-order valence-electron chi connectivity index (χ3n) is 8.09. The highest BCUT2D eigenvalue weighted by atomic mass is 32.2. The number of anilines is 1. The Kier molecular flexibility index (Phi) is 13.8. The van der Waals surface area contributed by atoms with Crippen LogP contribution in [0.4, 0.5) is 5.69 Å².